The Balaban J connectivity index is 2.10. The number of nitrogens with zero attached hydrogens (tertiary/aromatic N) is 1. The van der Waals surface area contributed by atoms with E-state index < -0.39 is 0 Å². The monoisotopic (exact) mass is 464 g/mol. The van der Waals surface area contributed by atoms with Crippen molar-refractivity contribution in [2.75, 3.05) is 7.11 Å². The lowest BCUT2D eigenvalue weighted by Gasteiger charge is -2.05. The number of nitrogens with one attached hydrogen (secondary N) is 1. The highest BCUT2D eigenvalue weighted by Crippen LogP contribution is 2.32. The van der Waals surface area contributed by atoms with Gasteiger partial charge in [0.2, 0.25) is 0 Å². The first-order chi connectivity index (χ1) is 10.9. The molecule has 0 aliphatic rings. The Morgan fingerprint density at radius 2 is 1.96 bits per heavy atom. The highest BCUT2D eigenvalue weighted by atomic mass is 127. The van der Waals surface area contributed by atoms with Crippen LogP contribution in [-0.4, -0.2) is 24.3 Å². The summed E-state index contributed by atoms with van der Waals surface area (Å²) >= 11 is 13.7. The number of hydrogen-bond donors (Lipinski definition) is 2. The van der Waals surface area contributed by atoms with Gasteiger partial charge in [0.15, 0.2) is 5.75 Å². The molecule has 0 atom stereocenters. The van der Waals surface area contributed by atoms with E-state index in [2.05, 4.69) is 33.1 Å². The van der Waals surface area contributed by atoms with Crippen molar-refractivity contribution in [3.8, 4) is 11.5 Å². The lowest BCUT2D eigenvalue weighted by molar-refractivity contribution is 0.0954. The largest absolute Gasteiger partial charge is 0.505 e. The van der Waals surface area contributed by atoms with E-state index in [0.717, 1.165) is 3.57 Å². The Bertz CT molecular complexity index is 758. The van der Waals surface area contributed by atoms with Gasteiger partial charge in [-0.3, -0.25) is 4.79 Å². The number of carbonyl (C=O) groups is 1. The third kappa shape index (κ3) is 4.49. The summed E-state index contributed by atoms with van der Waals surface area (Å²) in [4.78, 5) is 12.0. The molecule has 23 heavy (non-hydrogen) atoms. The molecular formula is C15H11Cl2IN2O3. The zero-order valence-electron chi connectivity index (χ0n) is 11.8. The van der Waals surface area contributed by atoms with Gasteiger partial charge >= 0.3 is 0 Å². The fraction of sp³-hybridized carbons (Fsp3) is 0.0667. The van der Waals surface area contributed by atoms with Crippen LogP contribution in [0, 0.1) is 3.57 Å². The predicted octanol–water partition coefficient (Wildman–Crippen LogP) is 4.08. The molecule has 1 amide bonds. The van der Waals surface area contributed by atoms with Crippen LogP contribution in [0.2, 0.25) is 10.0 Å². The van der Waals surface area contributed by atoms with Gasteiger partial charge in [0.25, 0.3) is 5.91 Å². The Labute approximate surface area is 156 Å². The van der Waals surface area contributed by atoms with Gasteiger partial charge in [-0.25, -0.2) is 5.43 Å². The Morgan fingerprint density at radius 3 is 2.57 bits per heavy atom. The molecule has 2 aromatic carbocycles. The van der Waals surface area contributed by atoms with Crippen LogP contribution in [0.25, 0.3) is 0 Å². The van der Waals surface area contributed by atoms with Crippen LogP contribution in [-0.2, 0) is 0 Å². The molecule has 0 aromatic heterocycles. The molecule has 0 aliphatic carbocycles. The van der Waals surface area contributed by atoms with Crippen molar-refractivity contribution in [2.45, 2.75) is 0 Å². The summed E-state index contributed by atoms with van der Waals surface area (Å²) in [5.74, 6) is 0.0340. The van der Waals surface area contributed by atoms with Crippen LogP contribution in [0.5, 0.6) is 11.5 Å². The number of carbonyl (C=O) groups excluding carboxylic acids is 1. The normalized spacial score (nSPS) is 10.8. The summed E-state index contributed by atoms with van der Waals surface area (Å²) in [6.45, 7) is 0. The van der Waals surface area contributed by atoms with E-state index in [4.69, 9.17) is 27.9 Å². The second-order valence-electron chi connectivity index (χ2n) is 4.38. The average Bonchev–Trinajstić information content (AvgIpc) is 2.52. The number of hydrazone groups is 1. The SMILES string of the molecule is COc1cc(C(=O)NN=Cc2cc(Cl)c(O)c(Cl)c2)ccc1I. The molecule has 120 valence electrons. The van der Waals surface area contributed by atoms with Crippen LogP contribution >= 0.6 is 45.8 Å². The van der Waals surface area contributed by atoms with Gasteiger partial charge in [-0.05, 0) is 58.5 Å². The first kappa shape index (κ1) is 17.8. The molecule has 0 radical (unpaired) electrons. The number of rotatable bonds is 4. The molecule has 8 heteroatoms. The number of phenols is 1. The van der Waals surface area contributed by atoms with Crippen LogP contribution < -0.4 is 10.2 Å². The van der Waals surface area contributed by atoms with Gasteiger partial charge in [0.1, 0.15) is 5.75 Å². The summed E-state index contributed by atoms with van der Waals surface area (Å²) in [6.07, 6.45) is 1.37. The summed E-state index contributed by atoms with van der Waals surface area (Å²) in [5, 5.41) is 13.5. The summed E-state index contributed by atoms with van der Waals surface area (Å²) in [6, 6.07) is 8.03. The topological polar surface area (TPSA) is 70.9 Å². The van der Waals surface area contributed by atoms with Crippen LogP contribution in [0.15, 0.2) is 35.4 Å². The molecular weight excluding hydrogens is 454 g/mol. The highest BCUT2D eigenvalue weighted by molar-refractivity contribution is 14.1. The van der Waals surface area contributed by atoms with Crippen LogP contribution in [0.4, 0.5) is 0 Å². The highest BCUT2D eigenvalue weighted by Gasteiger charge is 2.09. The number of methoxy groups -OCH3 is 1. The molecule has 0 heterocycles. The standard InChI is InChI=1S/C15H11Cl2IN2O3/c1-23-13-6-9(2-3-12(13)18)15(22)20-19-7-8-4-10(16)14(21)11(17)5-8/h2-7,21H,1H3,(H,20,22). The predicted molar refractivity (Wildman–Crippen MR) is 98.9 cm³/mol. The lowest BCUT2D eigenvalue weighted by Crippen LogP contribution is -2.17. The average molecular weight is 465 g/mol. The molecule has 0 aliphatic heterocycles. The molecule has 0 bridgehead atoms. The van der Waals surface area contributed by atoms with E-state index in [9.17, 15) is 9.90 Å². The fourth-order valence-electron chi connectivity index (χ4n) is 1.69. The maximum atomic E-state index is 12.0. The first-order valence-corrected chi connectivity index (χ1v) is 8.10. The number of benzene rings is 2. The second-order valence-corrected chi connectivity index (χ2v) is 6.36. The molecule has 0 spiro atoms. The summed E-state index contributed by atoms with van der Waals surface area (Å²) < 4.78 is 6.07. The van der Waals surface area contributed by atoms with E-state index in [1.54, 1.807) is 18.2 Å². The minimum absolute atomic E-state index is 0.104. The van der Waals surface area contributed by atoms with Gasteiger partial charge < -0.3 is 9.84 Å². The number of hydrogen-bond acceptors (Lipinski definition) is 4. The molecule has 2 aromatic rings. The van der Waals surface area contributed by atoms with Gasteiger partial charge in [-0.15, -0.1) is 0 Å². The third-order valence-corrected chi connectivity index (χ3v) is 4.30. The van der Waals surface area contributed by atoms with E-state index >= 15 is 0 Å². The van der Waals surface area contributed by atoms with Crippen LogP contribution in [0.1, 0.15) is 15.9 Å². The third-order valence-electron chi connectivity index (χ3n) is 2.83. The molecule has 0 saturated carbocycles. The molecule has 2 rings (SSSR count). The zero-order valence-corrected chi connectivity index (χ0v) is 15.5. The number of amides is 1. The fourth-order valence-corrected chi connectivity index (χ4v) is 2.75. The van der Waals surface area contributed by atoms with Crippen molar-refractivity contribution in [2.24, 2.45) is 5.10 Å². The zero-order chi connectivity index (χ0) is 17.0. The van der Waals surface area contributed by atoms with E-state index in [1.807, 2.05) is 0 Å². The van der Waals surface area contributed by atoms with Gasteiger partial charge in [0.05, 0.1) is 26.9 Å². The van der Waals surface area contributed by atoms with Gasteiger partial charge in [-0.2, -0.15) is 5.10 Å². The second kappa shape index (κ2) is 7.85. The number of halogens is 3. The lowest BCUT2D eigenvalue weighted by atomic mass is 10.2. The van der Waals surface area contributed by atoms with Crippen molar-refractivity contribution < 1.29 is 14.6 Å². The van der Waals surface area contributed by atoms with Gasteiger partial charge in [-0.1, -0.05) is 23.2 Å². The quantitative estimate of drug-likeness (QED) is 0.407. The van der Waals surface area contributed by atoms with Crippen molar-refractivity contribution in [1.82, 2.24) is 5.43 Å². The summed E-state index contributed by atoms with van der Waals surface area (Å²) in [5.41, 5.74) is 3.35. The van der Waals surface area contributed by atoms with Crippen LogP contribution in [0.3, 0.4) is 0 Å². The molecule has 2 N–H and O–H groups in total. The number of ether oxygens (including phenoxy) is 1. The molecule has 0 saturated heterocycles. The maximum Gasteiger partial charge on any atom is 0.271 e. The van der Waals surface area contributed by atoms with Crippen molar-refractivity contribution in [3.05, 3.63) is 55.1 Å². The first-order valence-electron chi connectivity index (χ1n) is 6.27. The maximum absolute atomic E-state index is 12.0. The number of phenolic OH excluding ortho intramolecular Hbond substituents is 1. The van der Waals surface area contributed by atoms with Gasteiger partial charge in [0, 0.05) is 5.56 Å². The smallest absolute Gasteiger partial charge is 0.271 e. The van der Waals surface area contributed by atoms with E-state index in [0.29, 0.717) is 16.9 Å². The number of aromatic hydroxyl groups is 1. The minimum atomic E-state index is -0.382. The molecule has 0 fully saturated rings. The molecule has 0 unspecified atom stereocenters. The van der Waals surface area contributed by atoms with Crippen molar-refractivity contribution in [1.29, 1.82) is 0 Å². The molecule has 5 nitrogen and oxygen atoms in total. The van der Waals surface area contributed by atoms with E-state index in [-0.39, 0.29) is 21.7 Å². The minimum Gasteiger partial charge on any atom is -0.505 e. The van der Waals surface area contributed by atoms with Crippen molar-refractivity contribution in [3.63, 3.8) is 0 Å². The van der Waals surface area contributed by atoms with Crippen molar-refractivity contribution >= 4 is 57.9 Å². The van der Waals surface area contributed by atoms with E-state index in [1.165, 1.54) is 25.5 Å². The Morgan fingerprint density at radius 1 is 1.30 bits per heavy atom. The Kier molecular flexibility index (Phi) is 6.09. The Hall–Kier alpha value is -1.51. The summed E-state index contributed by atoms with van der Waals surface area (Å²) in [7, 11) is 1.54.